The molecule has 0 atom stereocenters. The molecule has 0 spiro atoms. The highest BCUT2D eigenvalue weighted by molar-refractivity contribution is 7.94. The van der Waals surface area contributed by atoms with Gasteiger partial charge in [0.1, 0.15) is 0 Å². The summed E-state index contributed by atoms with van der Waals surface area (Å²) in [6, 6.07) is 7.50. The van der Waals surface area contributed by atoms with E-state index in [0.717, 1.165) is 12.1 Å². The van der Waals surface area contributed by atoms with Gasteiger partial charge in [-0.15, -0.1) is 10.2 Å². The van der Waals surface area contributed by atoms with Gasteiger partial charge in [0.15, 0.2) is 0 Å². The first-order chi connectivity index (χ1) is 14.1. The SMILES string of the molecule is O=C(Nc1nnc(S(=O)(=O)Nc2cc([N+](=O)[O-])ccc2Cl)s1)c1ccc(Cl)cc1Cl. The average molecular weight is 509 g/mol. The second kappa shape index (κ2) is 8.70. The summed E-state index contributed by atoms with van der Waals surface area (Å²) in [6.45, 7) is 0. The Labute approximate surface area is 188 Å². The highest BCUT2D eigenvalue weighted by atomic mass is 35.5. The molecule has 1 amide bonds. The van der Waals surface area contributed by atoms with Gasteiger partial charge < -0.3 is 0 Å². The van der Waals surface area contributed by atoms with Crippen LogP contribution in [0.5, 0.6) is 0 Å². The molecule has 10 nitrogen and oxygen atoms in total. The van der Waals surface area contributed by atoms with Crippen LogP contribution >= 0.6 is 46.1 Å². The summed E-state index contributed by atoms with van der Waals surface area (Å²) < 4.78 is 26.6. The molecule has 2 N–H and O–H groups in total. The van der Waals surface area contributed by atoms with E-state index in [1.54, 1.807) is 0 Å². The molecule has 0 aliphatic carbocycles. The fraction of sp³-hybridized carbons (Fsp3) is 0. The lowest BCUT2D eigenvalue weighted by molar-refractivity contribution is -0.384. The van der Waals surface area contributed by atoms with Gasteiger partial charge in [0.2, 0.25) is 5.13 Å². The van der Waals surface area contributed by atoms with Crippen LogP contribution in [0.25, 0.3) is 0 Å². The number of sulfonamides is 1. The van der Waals surface area contributed by atoms with E-state index < -0.39 is 25.2 Å². The molecule has 156 valence electrons. The number of nitro benzene ring substituents is 1. The van der Waals surface area contributed by atoms with Crippen molar-refractivity contribution in [2.24, 2.45) is 0 Å². The lowest BCUT2D eigenvalue weighted by Gasteiger charge is -2.06. The normalized spacial score (nSPS) is 11.2. The number of benzene rings is 2. The molecule has 0 radical (unpaired) electrons. The predicted octanol–water partition coefficient (Wildman–Crippen LogP) is 4.46. The number of anilines is 2. The van der Waals surface area contributed by atoms with E-state index in [0.29, 0.717) is 16.4 Å². The third-order valence-electron chi connectivity index (χ3n) is 3.44. The highest BCUT2D eigenvalue weighted by Gasteiger charge is 2.24. The van der Waals surface area contributed by atoms with Gasteiger partial charge in [-0.2, -0.15) is 8.42 Å². The molecule has 3 aromatic rings. The quantitative estimate of drug-likeness (QED) is 0.284. The number of aromatic nitrogens is 2. The first-order valence-electron chi connectivity index (χ1n) is 7.63. The molecule has 30 heavy (non-hydrogen) atoms. The van der Waals surface area contributed by atoms with Gasteiger partial charge in [-0.3, -0.25) is 24.9 Å². The molecule has 0 saturated carbocycles. The van der Waals surface area contributed by atoms with Crippen molar-refractivity contribution in [3.63, 3.8) is 0 Å². The van der Waals surface area contributed by atoms with E-state index in [4.69, 9.17) is 34.8 Å². The van der Waals surface area contributed by atoms with Crippen LogP contribution in [-0.2, 0) is 10.0 Å². The number of halogens is 3. The second-order valence-corrected chi connectivity index (χ2v) is 9.56. The van der Waals surface area contributed by atoms with E-state index in [-0.39, 0.29) is 32.1 Å². The number of nitrogens with one attached hydrogen (secondary N) is 2. The topological polar surface area (TPSA) is 144 Å². The Bertz CT molecular complexity index is 1270. The number of nitrogens with zero attached hydrogens (tertiary/aromatic N) is 3. The van der Waals surface area contributed by atoms with Crippen molar-refractivity contribution in [2.45, 2.75) is 4.34 Å². The number of hydrogen-bond acceptors (Lipinski definition) is 8. The van der Waals surface area contributed by atoms with Crippen LogP contribution in [0, 0.1) is 10.1 Å². The average Bonchev–Trinajstić information content (AvgIpc) is 3.12. The van der Waals surface area contributed by atoms with Gasteiger partial charge in [0.25, 0.3) is 26.0 Å². The van der Waals surface area contributed by atoms with Crippen molar-refractivity contribution >= 4 is 78.6 Å². The summed E-state index contributed by atoms with van der Waals surface area (Å²) in [6.07, 6.45) is 0. The molecule has 15 heteroatoms. The molecule has 0 bridgehead atoms. The summed E-state index contributed by atoms with van der Waals surface area (Å²) in [5.74, 6) is -0.647. The molecule has 0 aliphatic rings. The summed E-state index contributed by atoms with van der Waals surface area (Å²) in [5, 5.41) is 20.7. The van der Waals surface area contributed by atoms with Crippen LogP contribution in [0.2, 0.25) is 15.1 Å². The lowest BCUT2D eigenvalue weighted by atomic mass is 10.2. The molecule has 1 aromatic heterocycles. The van der Waals surface area contributed by atoms with E-state index in [2.05, 4.69) is 20.2 Å². The van der Waals surface area contributed by atoms with E-state index in [1.165, 1.54) is 24.3 Å². The number of rotatable bonds is 6. The number of carbonyl (C=O) groups excluding carboxylic acids is 1. The van der Waals surface area contributed by atoms with Gasteiger partial charge in [-0.1, -0.05) is 46.1 Å². The maximum Gasteiger partial charge on any atom is 0.291 e. The Morgan fingerprint density at radius 3 is 2.47 bits per heavy atom. The summed E-state index contributed by atoms with van der Waals surface area (Å²) in [7, 11) is -4.28. The maximum atomic E-state index is 12.5. The van der Waals surface area contributed by atoms with Gasteiger partial charge in [-0.25, -0.2) is 0 Å². The lowest BCUT2D eigenvalue weighted by Crippen LogP contribution is -2.13. The Balaban J connectivity index is 1.80. The van der Waals surface area contributed by atoms with Crippen molar-refractivity contribution in [3.8, 4) is 0 Å². The molecular weight excluding hydrogens is 501 g/mol. The monoisotopic (exact) mass is 507 g/mol. The Morgan fingerprint density at radius 1 is 1.07 bits per heavy atom. The zero-order valence-corrected chi connectivity index (χ0v) is 18.2. The van der Waals surface area contributed by atoms with Crippen molar-refractivity contribution in [2.75, 3.05) is 10.0 Å². The Kier molecular flexibility index (Phi) is 6.43. The minimum Gasteiger partial charge on any atom is -0.296 e. The fourth-order valence-corrected chi connectivity index (χ4v) is 4.78. The van der Waals surface area contributed by atoms with Crippen LogP contribution in [0.1, 0.15) is 10.4 Å². The number of non-ortho nitro benzene ring substituents is 1. The second-order valence-electron chi connectivity index (χ2n) is 5.48. The van der Waals surface area contributed by atoms with E-state index >= 15 is 0 Å². The van der Waals surface area contributed by atoms with Gasteiger partial charge >= 0.3 is 0 Å². The summed E-state index contributed by atoms with van der Waals surface area (Å²) in [4.78, 5) is 22.5. The van der Waals surface area contributed by atoms with Crippen LogP contribution in [0.15, 0.2) is 40.7 Å². The largest absolute Gasteiger partial charge is 0.296 e. The van der Waals surface area contributed by atoms with Crippen molar-refractivity contribution in [3.05, 3.63) is 67.1 Å². The minimum absolute atomic E-state index is 0.0559. The molecule has 0 saturated heterocycles. The van der Waals surface area contributed by atoms with E-state index in [9.17, 15) is 23.3 Å². The number of carbonyl (C=O) groups is 1. The Morgan fingerprint density at radius 2 is 1.80 bits per heavy atom. The van der Waals surface area contributed by atoms with Gasteiger partial charge in [0, 0.05) is 17.2 Å². The summed E-state index contributed by atoms with van der Waals surface area (Å²) in [5.41, 5.74) is -0.469. The highest BCUT2D eigenvalue weighted by Crippen LogP contribution is 2.30. The smallest absolute Gasteiger partial charge is 0.291 e. The first-order valence-corrected chi connectivity index (χ1v) is 11.1. The number of nitro groups is 1. The van der Waals surface area contributed by atoms with Crippen LogP contribution in [-0.4, -0.2) is 29.4 Å². The van der Waals surface area contributed by atoms with Crippen molar-refractivity contribution in [1.82, 2.24) is 10.2 Å². The van der Waals surface area contributed by atoms with Gasteiger partial charge in [-0.05, 0) is 24.3 Å². The predicted molar refractivity (Wildman–Crippen MR) is 113 cm³/mol. The fourth-order valence-electron chi connectivity index (χ4n) is 2.10. The molecule has 2 aromatic carbocycles. The maximum absolute atomic E-state index is 12.5. The molecule has 0 aliphatic heterocycles. The first kappa shape index (κ1) is 22.2. The summed E-state index contributed by atoms with van der Waals surface area (Å²) >= 11 is 18.2. The Hall–Kier alpha value is -2.51. The van der Waals surface area contributed by atoms with Gasteiger partial charge in [0.05, 0.1) is 26.2 Å². The number of amides is 1. The molecule has 0 fully saturated rings. The van der Waals surface area contributed by atoms with Crippen LogP contribution in [0.3, 0.4) is 0 Å². The molecule has 1 heterocycles. The van der Waals surface area contributed by atoms with Crippen molar-refractivity contribution in [1.29, 1.82) is 0 Å². The van der Waals surface area contributed by atoms with Crippen LogP contribution in [0.4, 0.5) is 16.5 Å². The van der Waals surface area contributed by atoms with Crippen molar-refractivity contribution < 1.29 is 18.1 Å². The minimum atomic E-state index is -4.28. The third-order valence-corrected chi connectivity index (χ3v) is 6.89. The standard InChI is InChI=1S/C15H8Cl3N5O5S2/c16-7-1-3-9(11(18)5-7)13(24)19-14-20-21-15(29-14)30(27,28)22-12-6-8(23(25)26)2-4-10(12)17/h1-6,22H,(H,19,20,24). The number of hydrogen-bond donors (Lipinski definition) is 2. The zero-order valence-electron chi connectivity index (χ0n) is 14.3. The third kappa shape index (κ3) is 4.96. The molecule has 3 rings (SSSR count). The van der Waals surface area contributed by atoms with E-state index in [1.807, 2.05) is 0 Å². The molecular formula is C15H8Cl3N5O5S2. The zero-order chi connectivity index (χ0) is 22.1. The molecule has 0 unspecified atom stereocenters. The van der Waals surface area contributed by atoms with Crippen LogP contribution < -0.4 is 10.0 Å².